The number of aliphatic hydroxyl groups is 1. The summed E-state index contributed by atoms with van der Waals surface area (Å²) in [4.78, 5) is 11.7. The number of hydrogen-bond donors (Lipinski definition) is 2. The lowest BCUT2D eigenvalue weighted by Gasteiger charge is -2.10. The van der Waals surface area contributed by atoms with Crippen molar-refractivity contribution >= 4 is 11.6 Å². The summed E-state index contributed by atoms with van der Waals surface area (Å²) in [5.74, 6) is 0.338. The van der Waals surface area contributed by atoms with E-state index in [2.05, 4.69) is 5.32 Å². The molecule has 0 heterocycles. The summed E-state index contributed by atoms with van der Waals surface area (Å²) in [5.41, 5.74) is 1.49. The van der Waals surface area contributed by atoms with Crippen LogP contribution < -0.4 is 10.1 Å². The molecule has 4 nitrogen and oxygen atoms in total. The first-order valence-electron chi connectivity index (χ1n) is 6.41. The lowest BCUT2D eigenvalue weighted by molar-refractivity contribution is -0.118. The first-order chi connectivity index (χ1) is 9.65. The Balaban J connectivity index is 1.89. The van der Waals surface area contributed by atoms with Gasteiger partial charge in [-0.25, -0.2) is 0 Å². The van der Waals surface area contributed by atoms with Crippen LogP contribution in [0.3, 0.4) is 0 Å². The molecule has 0 aliphatic heterocycles. The van der Waals surface area contributed by atoms with Gasteiger partial charge in [-0.15, -0.1) is 0 Å². The molecule has 1 amide bonds. The predicted molar refractivity (Wildman–Crippen MR) is 77.6 cm³/mol. The van der Waals surface area contributed by atoms with Crippen LogP contribution in [0.15, 0.2) is 54.6 Å². The number of anilines is 1. The standard InChI is InChI=1S/C16H17NO3/c1-12(18)13-6-5-9-15(10-13)20-11-16(19)17-14-7-3-2-4-8-14/h2-10,12,18H,11H2,1H3,(H,17,19). The summed E-state index contributed by atoms with van der Waals surface area (Å²) in [6.45, 7) is 1.61. The molecule has 2 aromatic carbocycles. The van der Waals surface area contributed by atoms with Crippen LogP contribution in [0, 0.1) is 0 Å². The van der Waals surface area contributed by atoms with Gasteiger partial charge in [0.2, 0.25) is 0 Å². The highest BCUT2D eigenvalue weighted by molar-refractivity contribution is 5.91. The van der Waals surface area contributed by atoms with Gasteiger partial charge in [-0.3, -0.25) is 4.79 Å². The number of benzene rings is 2. The van der Waals surface area contributed by atoms with Gasteiger partial charge in [0.25, 0.3) is 5.91 Å². The molecule has 2 N–H and O–H groups in total. The largest absolute Gasteiger partial charge is 0.484 e. The zero-order valence-electron chi connectivity index (χ0n) is 11.2. The quantitative estimate of drug-likeness (QED) is 0.879. The zero-order valence-corrected chi connectivity index (χ0v) is 11.2. The SMILES string of the molecule is CC(O)c1cccc(OCC(=O)Nc2ccccc2)c1. The van der Waals surface area contributed by atoms with E-state index in [-0.39, 0.29) is 12.5 Å². The van der Waals surface area contributed by atoms with Crippen LogP contribution in [-0.4, -0.2) is 17.6 Å². The summed E-state index contributed by atoms with van der Waals surface area (Å²) in [6, 6.07) is 16.3. The lowest BCUT2D eigenvalue weighted by Crippen LogP contribution is -2.20. The van der Waals surface area contributed by atoms with E-state index in [9.17, 15) is 9.90 Å². The van der Waals surface area contributed by atoms with Crippen molar-refractivity contribution in [1.82, 2.24) is 0 Å². The Labute approximate surface area is 118 Å². The first-order valence-corrected chi connectivity index (χ1v) is 6.41. The third-order valence-corrected chi connectivity index (χ3v) is 2.77. The summed E-state index contributed by atoms with van der Waals surface area (Å²) < 4.78 is 5.41. The van der Waals surface area contributed by atoms with Gasteiger partial charge >= 0.3 is 0 Å². The van der Waals surface area contributed by atoms with E-state index in [0.717, 1.165) is 11.3 Å². The van der Waals surface area contributed by atoms with E-state index < -0.39 is 6.10 Å². The predicted octanol–water partition coefficient (Wildman–Crippen LogP) is 2.76. The molecule has 4 heteroatoms. The van der Waals surface area contributed by atoms with Gasteiger partial charge < -0.3 is 15.2 Å². The van der Waals surface area contributed by atoms with Crippen molar-refractivity contribution in [3.05, 3.63) is 60.2 Å². The molecule has 1 unspecified atom stereocenters. The highest BCUT2D eigenvalue weighted by Crippen LogP contribution is 2.18. The van der Waals surface area contributed by atoms with Crippen LogP contribution in [0.25, 0.3) is 0 Å². The highest BCUT2D eigenvalue weighted by Gasteiger charge is 2.05. The van der Waals surface area contributed by atoms with E-state index in [1.165, 1.54) is 0 Å². The highest BCUT2D eigenvalue weighted by atomic mass is 16.5. The molecule has 2 rings (SSSR count). The minimum Gasteiger partial charge on any atom is -0.484 e. The molecular formula is C16H17NO3. The van der Waals surface area contributed by atoms with E-state index in [1.54, 1.807) is 25.1 Å². The number of aliphatic hydroxyl groups excluding tert-OH is 1. The van der Waals surface area contributed by atoms with Crippen LogP contribution in [0.1, 0.15) is 18.6 Å². The zero-order chi connectivity index (χ0) is 14.4. The molecule has 0 radical (unpaired) electrons. The van der Waals surface area contributed by atoms with Gasteiger partial charge in [-0.2, -0.15) is 0 Å². The van der Waals surface area contributed by atoms with Gasteiger partial charge in [0.1, 0.15) is 5.75 Å². The van der Waals surface area contributed by atoms with E-state index >= 15 is 0 Å². The minimum absolute atomic E-state index is 0.0713. The van der Waals surface area contributed by atoms with E-state index in [1.807, 2.05) is 36.4 Å². The van der Waals surface area contributed by atoms with Crippen molar-refractivity contribution in [2.75, 3.05) is 11.9 Å². The molecule has 20 heavy (non-hydrogen) atoms. The minimum atomic E-state index is -0.559. The fourth-order valence-electron chi connectivity index (χ4n) is 1.73. The normalized spacial score (nSPS) is 11.7. The number of carbonyl (C=O) groups excluding carboxylic acids is 1. The number of nitrogens with one attached hydrogen (secondary N) is 1. The van der Waals surface area contributed by atoms with Gasteiger partial charge in [0.05, 0.1) is 6.10 Å². The van der Waals surface area contributed by atoms with Crippen molar-refractivity contribution in [3.8, 4) is 5.75 Å². The van der Waals surface area contributed by atoms with Crippen LogP contribution in [0.5, 0.6) is 5.75 Å². The third kappa shape index (κ3) is 4.10. The number of carbonyl (C=O) groups is 1. The number of para-hydroxylation sites is 1. The van der Waals surface area contributed by atoms with Crippen LogP contribution in [0.2, 0.25) is 0 Å². The third-order valence-electron chi connectivity index (χ3n) is 2.77. The molecule has 0 bridgehead atoms. The Bertz CT molecular complexity index is 567. The Morgan fingerprint density at radius 2 is 1.95 bits per heavy atom. The Morgan fingerprint density at radius 3 is 2.65 bits per heavy atom. The van der Waals surface area contributed by atoms with Gasteiger partial charge in [-0.05, 0) is 36.8 Å². The molecule has 0 aliphatic carbocycles. The lowest BCUT2D eigenvalue weighted by atomic mass is 10.1. The monoisotopic (exact) mass is 271 g/mol. The second-order valence-electron chi connectivity index (χ2n) is 4.45. The molecule has 0 saturated heterocycles. The van der Waals surface area contributed by atoms with Crippen molar-refractivity contribution in [1.29, 1.82) is 0 Å². The Kier molecular flexibility index (Phi) is 4.74. The summed E-state index contributed by atoms with van der Waals surface area (Å²) >= 11 is 0. The molecule has 0 aliphatic rings. The fraction of sp³-hybridized carbons (Fsp3) is 0.188. The second-order valence-corrected chi connectivity index (χ2v) is 4.45. The summed E-state index contributed by atoms with van der Waals surface area (Å²) in [6.07, 6.45) is -0.559. The average Bonchev–Trinajstić information content (AvgIpc) is 2.46. The smallest absolute Gasteiger partial charge is 0.262 e. The molecule has 0 spiro atoms. The summed E-state index contributed by atoms with van der Waals surface area (Å²) in [5, 5.41) is 12.2. The average molecular weight is 271 g/mol. The number of ether oxygens (including phenoxy) is 1. The second kappa shape index (κ2) is 6.73. The van der Waals surface area contributed by atoms with Crippen molar-refractivity contribution in [3.63, 3.8) is 0 Å². The molecule has 0 aromatic heterocycles. The number of amides is 1. The topological polar surface area (TPSA) is 58.6 Å². The maximum Gasteiger partial charge on any atom is 0.262 e. The molecule has 0 saturated carbocycles. The summed E-state index contributed by atoms with van der Waals surface area (Å²) in [7, 11) is 0. The number of hydrogen-bond acceptors (Lipinski definition) is 3. The molecular weight excluding hydrogens is 254 g/mol. The first kappa shape index (κ1) is 14.1. The number of rotatable bonds is 5. The van der Waals surface area contributed by atoms with Gasteiger partial charge in [-0.1, -0.05) is 30.3 Å². The van der Waals surface area contributed by atoms with E-state index in [0.29, 0.717) is 5.75 Å². The van der Waals surface area contributed by atoms with Crippen LogP contribution in [-0.2, 0) is 4.79 Å². The molecule has 2 aromatic rings. The van der Waals surface area contributed by atoms with Crippen LogP contribution >= 0.6 is 0 Å². The van der Waals surface area contributed by atoms with Gasteiger partial charge in [0, 0.05) is 5.69 Å². The maximum atomic E-state index is 11.7. The van der Waals surface area contributed by atoms with Crippen LogP contribution in [0.4, 0.5) is 5.69 Å². The Morgan fingerprint density at radius 1 is 1.20 bits per heavy atom. The maximum absolute atomic E-state index is 11.7. The van der Waals surface area contributed by atoms with Crippen molar-refractivity contribution in [2.24, 2.45) is 0 Å². The molecule has 1 atom stereocenters. The van der Waals surface area contributed by atoms with E-state index in [4.69, 9.17) is 4.74 Å². The molecule has 104 valence electrons. The fourth-order valence-corrected chi connectivity index (χ4v) is 1.73. The van der Waals surface area contributed by atoms with Gasteiger partial charge in [0.15, 0.2) is 6.61 Å². The molecule has 0 fully saturated rings. The van der Waals surface area contributed by atoms with Crippen molar-refractivity contribution in [2.45, 2.75) is 13.0 Å². The van der Waals surface area contributed by atoms with Crippen molar-refractivity contribution < 1.29 is 14.6 Å². The Hall–Kier alpha value is -2.33.